The van der Waals surface area contributed by atoms with Crippen molar-refractivity contribution in [2.45, 2.75) is 31.6 Å². The summed E-state index contributed by atoms with van der Waals surface area (Å²) in [5.41, 5.74) is 3.98. The summed E-state index contributed by atoms with van der Waals surface area (Å²) in [6, 6.07) is 15.8. The summed E-state index contributed by atoms with van der Waals surface area (Å²) in [6.45, 7) is 1.52. The minimum absolute atomic E-state index is 0.218. The van der Waals surface area contributed by atoms with E-state index < -0.39 is 0 Å². The van der Waals surface area contributed by atoms with Gasteiger partial charge in [-0.3, -0.25) is 9.78 Å². The Labute approximate surface area is 189 Å². The summed E-state index contributed by atoms with van der Waals surface area (Å²) in [6.07, 6.45) is 6.74. The molecule has 1 fully saturated rings. The van der Waals surface area contributed by atoms with Gasteiger partial charge in [0, 0.05) is 37.2 Å². The number of nitrogens with zero attached hydrogens (tertiary/aromatic N) is 3. The molecule has 0 aliphatic carbocycles. The van der Waals surface area contributed by atoms with Crippen molar-refractivity contribution in [3.05, 3.63) is 72.2 Å². The Balaban J connectivity index is 1.32. The molecule has 4 rings (SSSR count). The van der Waals surface area contributed by atoms with E-state index in [0.717, 1.165) is 66.4 Å². The molecule has 6 heteroatoms. The highest BCUT2D eigenvalue weighted by Crippen LogP contribution is 2.29. The second kappa shape index (κ2) is 10.3. The van der Waals surface area contributed by atoms with E-state index in [4.69, 9.17) is 14.5 Å². The fourth-order valence-corrected chi connectivity index (χ4v) is 4.13. The normalized spacial score (nSPS) is 14.2. The van der Waals surface area contributed by atoms with E-state index in [1.54, 1.807) is 20.4 Å². The number of piperidine rings is 1. The van der Waals surface area contributed by atoms with Crippen LogP contribution < -0.4 is 9.47 Å². The van der Waals surface area contributed by atoms with Gasteiger partial charge in [-0.05, 0) is 49.1 Å². The summed E-state index contributed by atoms with van der Waals surface area (Å²) in [7, 11) is 3.32. The van der Waals surface area contributed by atoms with Crippen LogP contribution in [0.1, 0.15) is 36.4 Å². The van der Waals surface area contributed by atoms with Gasteiger partial charge in [-0.15, -0.1) is 0 Å². The number of aromatic nitrogens is 2. The molecule has 0 bridgehead atoms. The van der Waals surface area contributed by atoms with Gasteiger partial charge in [-0.2, -0.15) is 0 Å². The van der Waals surface area contributed by atoms with Crippen molar-refractivity contribution in [2.24, 2.45) is 0 Å². The standard InChI is InChI=1S/C26H29N3O3/c1-31-22-9-6-19(7-10-22)8-11-26(30)29-14-12-20(13-15-29)24-17-27-18-25(28-24)21-4-3-5-23(16-21)32-2/h3-7,9-10,16-18,20H,8,11-15H2,1-2H3. The molecule has 0 spiro atoms. The fraction of sp³-hybridized carbons (Fsp3) is 0.346. The number of aryl methyl sites for hydroxylation is 1. The van der Waals surface area contributed by atoms with Crippen molar-refractivity contribution < 1.29 is 14.3 Å². The maximum absolute atomic E-state index is 12.7. The Hall–Kier alpha value is -3.41. The number of methoxy groups -OCH3 is 2. The molecule has 3 aromatic rings. The Morgan fingerprint density at radius 1 is 1.00 bits per heavy atom. The number of benzene rings is 2. The van der Waals surface area contributed by atoms with Gasteiger partial charge in [-0.1, -0.05) is 24.3 Å². The maximum atomic E-state index is 12.7. The molecule has 1 aliphatic heterocycles. The van der Waals surface area contributed by atoms with Gasteiger partial charge in [0.05, 0.1) is 31.8 Å². The molecule has 1 saturated heterocycles. The highest BCUT2D eigenvalue weighted by Gasteiger charge is 2.25. The van der Waals surface area contributed by atoms with Crippen LogP contribution in [0.3, 0.4) is 0 Å². The molecule has 1 aliphatic rings. The largest absolute Gasteiger partial charge is 0.497 e. The first-order valence-corrected chi connectivity index (χ1v) is 11.0. The highest BCUT2D eigenvalue weighted by molar-refractivity contribution is 5.76. The van der Waals surface area contributed by atoms with Crippen LogP contribution in [-0.4, -0.2) is 48.1 Å². The van der Waals surface area contributed by atoms with Gasteiger partial charge in [0.1, 0.15) is 11.5 Å². The molecule has 0 saturated carbocycles. The zero-order valence-electron chi connectivity index (χ0n) is 18.7. The monoisotopic (exact) mass is 431 g/mol. The van der Waals surface area contributed by atoms with Gasteiger partial charge >= 0.3 is 0 Å². The molecule has 32 heavy (non-hydrogen) atoms. The number of hydrogen-bond acceptors (Lipinski definition) is 5. The van der Waals surface area contributed by atoms with Crippen molar-refractivity contribution in [3.63, 3.8) is 0 Å². The summed E-state index contributed by atoms with van der Waals surface area (Å²) in [4.78, 5) is 24.0. The molecule has 166 valence electrons. The molecule has 0 unspecified atom stereocenters. The van der Waals surface area contributed by atoms with E-state index in [2.05, 4.69) is 4.98 Å². The first-order chi connectivity index (χ1) is 15.7. The maximum Gasteiger partial charge on any atom is 0.222 e. The van der Waals surface area contributed by atoms with Crippen LogP contribution in [0, 0.1) is 0 Å². The van der Waals surface area contributed by atoms with Crippen LogP contribution in [0.25, 0.3) is 11.3 Å². The molecule has 1 amide bonds. The number of amides is 1. The zero-order chi connectivity index (χ0) is 22.3. The van der Waals surface area contributed by atoms with E-state index in [1.165, 1.54) is 0 Å². The lowest BCUT2D eigenvalue weighted by molar-refractivity contribution is -0.132. The van der Waals surface area contributed by atoms with Gasteiger partial charge in [0.2, 0.25) is 5.91 Å². The molecule has 0 radical (unpaired) electrons. The first kappa shape index (κ1) is 21.8. The van der Waals surface area contributed by atoms with Crippen molar-refractivity contribution >= 4 is 5.91 Å². The average molecular weight is 432 g/mol. The zero-order valence-corrected chi connectivity index (χ0v) is 18.7. The Morgan fingerprint density at radius 3 is 2.47 bits per heavy atom. The lowest BCUT2D eigenvalue weighted by Crippen LogP contribution is -2.38. The minimum Gasteiger partial charge on any atom is -0.497 e. The number of rotatable bonds is 7. The topological polar surface area (TPSA) is 64.5 Å². The van der Waals surface area contributed by atoms with Crippen LogP contribution in [-0.2, 0) is 11.2 Å². The SMILES string of the molecule is COc1ccc(CCC(=O)N2CCC(c3cncc(-c4cccc(OC)c4)n3)CC2)cc1. The van der Waals surface area contributed by atoms with Gasteiger partial charge in [-0.25, -0.2) is 4.98 Å². The van der Waals surface area contributed by atoms with Gasteiger partial charge < -0.3 is 14.4 Å². The van der Waals surface area contributed by atoms with Gasteiger partial charge in [0.15, 0.2) is 0 Å². The minimum atomic E-state index is 0.218. The fourth-order valence-electron chi connectivity index (χ4n) is 4.13. The molecule has 6 nitrogen and oxygen atoms in total. The van der Waals surface area contributed by atoms with Crippen LogP contribution >= 0.6 is 0 Å². The Morgan fingerprint density at radius 2 is 1.75 bits per heavy atom. The molecule has 2 heterocycles. The van der Waals surface area contributed by atoms with Gasteiger partial charge in [0.25, 0.3) is 0 Å². The third kappa shape index (κ3) is 5.25. The van der Waals surface area contributed by atoms with Crippen LogP contribution in [0.5, 0.6) is 11.5 Å². The van der Waals surface area contributed by atoms with Crippen molar-refractivity contribution in [2.75, 3.05) is 27.3 Å². The Bertz CT molecular complexity index is 1040. The number of hydrogen-bond donors (Lipinski definition) is 0. The molecular formula is C26H29N3O3. The second-order valence-electron chi connectivity index (χ2n) is 8.06. The Kier molecular flexibility index (Phi) is 7.00. The molecule has 1 aromatic heterocycles. The summed E-state index contributed by atoms with van der Waals surface area (Å²) >= 11 is 0. The van der Waals surface area contributed by atoms with E-state index in [0.29, 0.717) is 12.3 Å². The van der Waals surface area contributed by atoms with Crippen LogP contribution in [0.2, 0.25) is 0 Å². The summed E-state index contributed by atoms with van der Waals surface area (Å²) in [5, 5.41) is 0. The first-order valence-electron chi connectivity index (χ1n) is 11.0. The van der Waals surface area contributed by atoms with E-state index in [9.17, 15) is 4.79 Å². The molecule has 2 aromatic carbocycles. The van der Waals surface area contributed by atoms with E-state index >= 15 is 0 Å². The quantitative estimate of drug-likeness (QED) is 0.551. The number of carbonyl (C=O) groups is 1. The van der Waals surface area contributed by atoms with Crippen molar-refractivity contribution in [1.82, 2.24) is 14.9 Å². The van der Waals surface area contributed by atoms with Crippen LogP contribution in [0.15, 0.2) is 60.9 Å². The predicted octanol–water partition coefficient (Wildman–Crippen LogP) is 4.50. The second-order valence-corrected chi connectivity index (χ2v) is 8.06. The highest BCUT2D eigenvalue weighted by atomic mass is 16.5. The number of likely N-dealkylation sites (tertiary alicyclic amines) is 1. The lowest BCUT2D eigenvalue weighted by Gasteiger charge is -2.32. The van der Waals surface area contributed by atoms with Crippen LogP contribution in [0.4, 0.5) is 0 Å². The van der Waals surface area contributed by atoms with E-state index in [1.807, 2.05) is 59.6 Å². The molecular weight excluding hydrogens is 402 g/mol. The molecule has 0 atom stereocenters. The predicted molar refractivity (Wildman–Crippen MR) is 124 cm³/mol. The van der Waals surface area contributed by atoms with Crippen molar-refractivity contribution in [3.8, 4) is 22.8 Å². The lowest BCUT2D eigenvalue weighted by atomic mass is 9.93. The van der Waals surface area contributed by atoms with Crippen molar-refractivity contribution in [1.29, 1.82) is 0 Å². The summed E-state index contributed by atoms with van der Waals surface area (Å²) in [5.74, 6) is 2.17. The van der Waals surface area contributed by atoms with E-state index in [-0.39, 0.29) is 5.91 Å². The smallest absolute Gasteiger partial charge is 0.222 e. The third-order valence-corrected chi connectivity index (χ3v) is 6.07. The number of carbonyl (C=O) groups excluding carboxylic acids is 1. The number of ether oxygens (including phenoxy) is 2. The summed E-state index contributed by atoms with van der Waals surface area (Å²) < 4.78 is 10.5. The molecule has 0 N–H and O–H groups in total. The third-order valence-electron chi connectivity index (χ3n) is 6.07. The average Bonchev–Trinajstić information content (AvgIpc) is 2.87.